The summed E-state index contributed by atoms with van der Waals surface area (Å²) in [6.07, 6.45) is 8.54. The average Bonchev–Trinajstić information content (AvgIpc) is 2.62. The predicted octanol–water partition coefficient (Wildman–Crippen LogP) is 2.83. The molecule has 5 nitrogen and oxygen atoms in total. The summed E-state index contributed by atoms with van der Waals surface area (Å²) >= 11 is 0. The largest absolute Gasteiger partial charge is 0.481 e. The lowest BCUT2D eigenvalue weighted by atomic mass is 9.71. The van der Waals surface area contributed by atoms with Gasteiger partial charge in [-0.3, -0.25) is 4.98 Å². The minimum Gasteiger partial charge on any atom is -0.481 e. The fraction of sp³-hybridized carbons (Fsp3) is 0.444. The lowest BCUT2D eigenvalue weighted by Crippen LogP contribution is -2.58. The molecule has 0 atom stereocenters. The minimum atomic E-state index is -0.407. The van der Waals surface area contributed by atoms with Crippen LogP contribution in [0.1, 0.15) is 31.2 Å². The molecule has 126 valence electrons. The Hall–Kier alpha value is -2.05. The van der Waals surface area contributed by atoms with E-state index in [4.69, 9.17) is 15.2 Å². The van der Waals surface area contributed by atoms with Gasteiger partial charge in [-0.25, -0.2) is 9.37 Å². The first-order chi connectivity index (χ1) is 11.5. The molecule has 0 amide bonds. The van der Waals surface area contributed by atoms with E-state index in [9.17, 15) is 4.39 Å². The zero-order chi connectivity index (χ0) is 16.8. The number of nitrogens with two attached hydrogens (primary N) is 1. The SMILES string of the molecule is COc1ccc2ncc(F)c(/C=C/C34CCC(N)(CC3)CO4)c2n1. The maximum Gasteiger partial charge on any atom is 0.213 e. The summed E-state index contributed by atoms with van der Waals surface area (Å²) in [5.74, 6) is 0.0258. The van der Waals surface area contributed by atoms with Crippen LogP contribution >= 0.6 is 0 Å². The van der Waals surface area contributed by atoms with Crippen LogP contribution in [0, 0.1) is 5.82 Å². The topological polar surface area (TPSA) is 70.3 Å². The Kier molecular flexibility index (Phi) is 3.54. The van der Waals surface area contributed by atoms with E-state index < -0.39 is 5.82 Å². The van der Waals surface area contributed by atoms with Crippen molar-refractivity contribution in [1.82, 2.24) is 9.97 Å². The molecule has 3 aliphatic rings. The van der Waals surface area contributed by atoms with Crippen molar-refractivity contribution in [3.8, 4) is 5.88 Å². The molecule has 2 aromatic heterocycles. The molecule has 1 aliphatic carbocycles. The fourth-order valence-electron chi connectivity index (χ4n) is 3.51. The Morgan fingerprint density at radius 2 is 2.08 bits per heavy atom. The molecule has 6 heteroatoms. The van der Waals surface area contributed by atoms with Crippen LogP contribution in [0.15, 0.2) is 24.4 Å². The third kappa shape index (κ3) is 2.56. The van der Waals surface area contributed by atoms with Crippen molar-refractivity contribution in [3.05, 3.63) is 35.8 Å². The molecule has 2 bridgehead atoms. The first-order valence-corrected chi connectivity index (χ1v) is 8.14. The van der Waals surface area contributed by atoms with Gasteiger partial charge in [0, 0.05) is 17.2 Å². The van der Waals surface area contributed by atoms with E-state index >= 15 is 0 Å². The highest BCUT2D eigenvalue weighted by Gasteiger charge is 2.46. The van der Waals surface area contributed by atoms with Crippen molar-refractivity contribution in [2.75, 3.05) is 13.7 Å². The second-order valence-electron chi connectivity index (χ2n) is 6.79. The number of hydrogen-bond acceptors (Lipinski definition) is 5. The van der Waals surface area contributed by atoms with Crippen molar-refractivity contribution in [1.29, 1.82) is 0 Å². The molecule has 2 saturated heterocycles. The second-order valence-corrected chi connectivity index (χ2v) is 6.79. The molecule has 4 heterocycles. The van der Waals surface area contributed by atoms with Crippen LogP contribution in [0.4, 0.5) is 4.39 Å². The van der Waals surface area contributed by atoms with Crippen LogP contribution in [-0.4, -0.2) is 34.8 Å². The van der Waals surface area contributed by atoms with Gasteiger partial charge in [0.05, 0.1) is 31.0 Å². The van der Waals surface area contributed by atoms with Crippen LogP contribution < -0.4 is 10.5 Å². The van der Waals surface area contributed by atoms with Gasteiger partial charge in [0.25, 0.3) is 0 Å². The highest BCUT2D eigenvalue weighted by Crippen LogP contribution is 2.43. The van der Waals surface area contributed by atoms with Gasteiger partial charge in [-0.05, 0) is 31.7 Å². The van der Waals surface area contributed by atoms with Gasteiger partial charge in [0.2, 0.25) is 5.88 Å². The van der Waals surface area contributed by atoms with E-state index in [1.807, 2.05) is 6.08 Å². The molecule has 2 aromatic rings. The molecular formula is C18H20FN3O2. The Bertz CT molecular complexity index is 797. The second kappa shape index (κ2) is 5.50. The monoisotopic (exact) mass is 329 g/mol. The van der Waals surface area contributed by atoms with Crippen LogP contribution in [0.2, 0.25) is 0 Å². The minimum absolute atomic E-state index is 0.181. The Morgan fingerprint density at radius 3 is 2.75 bits per heavy atom. The van der Waals surface area contributed by atoms with Crippen LogP contribution in [0.3, 0.4) is 0 Å². The van der Waals surface area contributed by atoms with E-state index in [-0.39, 0.29) is 11.1 Å². The van der Waals surface area contributed by atoms with E-state index in [2.05, 4.69) is 9.97 Å². The van der Waals surface area contributed by atoms with Crippen molar-refractivity contribution in [2.24, 2.45) is 5.73 Å². The molecule has 24 heavy (non-hydrogen) atoms. The average molecular weight is 329 g/mol. The summed E-state index contributed by atoms with van der Waals surface area (Å²) in [6, 6.07) is 3.49. The lowest BCUT2D eigenvalue weighted by Gasteiger charge is -2.50. The number of methoxy groups -OCH3 is 1. The number of rotatable bonds is 3. The van der Waals surface area contributed by atoms with Gasteiger partial charge in [0.1, 0.15) is 5.52 Å². The molecule has 2 N–H and O–H groups in total. The molecule has 0 unspecified atom stereocenters. The summed E-state index contributed by atoms with van der Waals surface area (Å²) < 4.78 is 25.5. The Balaban J connectivity index is 1.72. The Morgan fingerprint density at radius 1 is 1.29 bits per heavy atom. The number of fused-ring (bicyclic) bond motifs is 4. The summed E-state index contributed by atoms with van der Waals surface area (Å²) in [7, 11) is 1.53. The Labute approximate surface area is 139 Å². The molecule has 1 saturated carbocycles. The zero-order valence-electron chi connectivity index (χ0n) is 13.6. The third-order valence-electron chi connectivity index (χ3n) is 5.18. The fourth-order valence-corrected chi connectivity index (χ4v) is 3.51. The van der Waals surface area contributed by atoms with E-state index in [1.165, 1.54) is 13.3 Å². The number of halogens is 1. The molecular weight excluding hydrogens is 309 g/mol. The number of hydrogen-bond donors (Lipinski definition) is 1. The third-order valence-corrected chi connectivity index (χ3v) is 5.18. The number of nitrogens with zero attached hydrogens (tertiary/aromatic N) is 2. The van der Waals surface area contributed by atoms with Gasteiger partial charge in [-0.15, -0.1) is 0 Å². The zero-order valence-corrected chi connectivity index (χ0v) is 13.6. The molecule has 0 spiro atoms. The summed E-state index contributed by atoms with van der Waals surface area (Å²) in [6.45, 7) is 0.559. The molecule has 0 aromatic carbocycles. The van der Waals surface area contributed by atoms with Crippen molar-refractivity contribution < 1.29 is 13.9 Å². The molecule has 5 rings (SSSR count). The van der Waals surface area contributed by atoms with Gasteiger partial charge in [0.15, 0.2) is 5.82 Å². The van der Waals surface area contributed by atoms with Crippen molar-refractivity contribution >= 4 is 17.1 Å². The summed E-state index contributed by atoms with van der Waals surface area (Å²) in [4.78, 5) is 8.44. The smallest absolute Gasteiger partial charge is 0.213 e. The number of aromatic nitrogens is 2. The highest BCUT2D eigenvalue weighted by molar-refractivity contribution is 5.84. The van der Waals surface area contributed by atoms with Crippen LogP contribution in [0.5, 0.6) is 5.88 Å². The van der Waals surface area contributed by atoms with Gasteiger partial charge >= 0.3 is 0 Å². The first-order valence-electron chi connectivity index (χ1n) is 8.14. The van der Waals surface area contributed by atoms with Crippen LogP contribution in [0.25, 0.3) is 17.1 Å². The quantitative estimate of drug-likeness (QED) is 0.937. The lowest BCUT2D eigenvalue weighted by molar-refractivity contribution is -0.123. The molecule has 2 aliphatic heterocycles. The maximum absolute atomic E-state index is 14.4. The normalized spacial score (nSPS) is 29.5. The van der Waals surface area contributed by atoms with Gasteiger partial charge in [-0.1, -0.05) is 12.2 Å². The summed E-state index contributed by atoms with van der Waals surface area (Å²) in [5, 5.41) is 0. The van der Waals surface area contributed by atoms with Crippen LogP contribution in [-0.2, 0) is 4.74 Å². The van der Waals surface area contributed by atoms with Gasteiger partial charge < -0.3 is 15.2 Å². The number of pyridine rings is 2. The highest BCUT2D eigenvalue weighted by atomic mass is 19.1. The standard InChI is InChI=1S/C18H20FN3O2/c1-23-15-3-2-14-16(22-15)12(13(19)10-21-14)4-5-18-8-6-17(20,7-9-18)11-24-18/h2-5,10H,6-9,11,20H2,1H3/b5-4+. The van der Waals surface area contributed by atoms with E-state index in [0.717, 1.165) is 25.7 Å². The van der Waals surface area contributed by atoms with E-state index in [1.54, 1.807) is 18.2 Å². The predicted molar refractivity (Wildman–Crippen MR) is 89.2 cm³/mol. The maximum atomic E-state index is 14.4. The van der Waals surface area contributed by atoms with Crippen molar-refractivity contribution in [3.63, 3.8) is 0 Å². The van der Waals surface area contributed by atoms with Crippen molar-refractivity contribution in [2.45, 2.75) is 36.8 Å². The number of ether oxygens (including phenoxy) is 2. The van der Waals surface area contributed by atoms with Gasteiger partial charge in [-0.2, -0.15) is 0 Å². The molecule has 0 radical (unpaired) electrons. The first kappa shape index (κ1) is 15.5. The molecule has 3 fully saturated rings. The van der Waals surface area contributed by atoms with E-state index in [0.29, 0.717) is 29.1 Å². The summed E-state index contributed by atoms with van der Waals surface area (Å²) in [5.41, 5.74) is 7.25.